The van der Waals surface area contributed by atoms with E-state index in [1.807, 2.05) is 32.8 Å². The molecule has 1 heterocycles. The van der Waals surface area contributed by atoms with Gasteiger partial charge in [-0.05, 0) is 52.9 Å². The molecule has 8 nitrogen and oxygen atoms in total. The van der Waals surface area contributed by atoms with Crippen molar-refractivity contribution in [1.82, 2.24) is 14.9 Å². The molecule has 0 amide bonds. The first-order chi connectivity index (χ1) is 19.7. The van der Waals surface area contributed by atoms with Crippen LogP contribution >= 0.6 is 11.9 Å². The van der Waals surface area contributed by atoms with Crippen LogP contribution in [0.2, 0.25) is 0 Å². The Labute approximate surface area is 245 Å². The van der Waals surface area contributed by atoms with E-state index in [0.29, 0.717) is 36.9 Å². The molecule has 2 aromatic rings. The molecule has 1 aliphatic carbocycles. The third-order valence-electron chi connectivity index (χ3n) is 6.95. The zero-order valence-corrected chi connectivity index (χ0v) is 24.8. The fourth-order valence-corrected chi connectivity index (χ4v) is 5.19. The van der Waals surface area contributed by atoms with Crippen molar-refractivity contribution < 1.29 is 31.1 Å². The van der Waals surface area contributed by atoms with Crippen molar-refractivity contribution in [3.8, 4) is 0 Å². The fraction of sp³-hybridized carbons (Fsp3) is 0.556. The first kappa shape index (κ1) is 33.4. The lowest BCUT2D eigenvalue weighted by atomic mass is 9.89. The van der Waals surface area contributed by atoms with Gasteiger partial charge in [0.2, 0.25) is 5.95 Å². The number of anilines is 3. The molecular weight excluding hydrogens is 584 g/mol. The van der Waals surface area contributed by atoms with Crippen LogP contribution in [0.4, 0.5) is 49.5 Å². The van der Waals surface area contributed by atoms with Gasteiger partial charge in [-0.2, -0.15) is 18.2 Å². The van der Waals surface area contributed by atoms with Crippen LogP contribution in [0.15, 0.2) is 23.3 Å². The minimum atomic E-state index is -4.39. The lowest BCUT2D eigenvalue weighted by Crippen LogP contribution is -2.44. The molecule has 1 aliphatic rings. The maximum atomic E-state index is 14.7. The van der Waals surface area contributed by atoms with Crippen LogP contribution in [-0.4, -0.2) is 84.2 Å². The van der Waals surface area contributed by atoms with Gasteiger partial charge >= 0.3 is 6.18 Å². The smallest absolute Gasteiger partial charge is 0.355 e. The zero-order chi connectivity index (χ0) is 31.2. The molecule has 3 atom stereocenters. The largest absolute Gasteiger partial charge is 0.389 e. The van der Waals surface area contributed by atoms with E-state index < -0.39 is 41.8 Å². The predicted octanol–water partition coefficient (Wildman–Crippen LogP) is 6.16. The van der Waals surface area contributed by atoms with Crippen LogP contribution in [0.5, 0.6) is 0 Å². The molecule has 0 saturated heterocycles. The van der Waals surface area contributed by atoms with Crippen LogP contribution in [0.3, 0.4) is 0 Å². The van der Waals surface area contributed by atoms with E-state index in [4.69, 9.17) is 0 Å². The summed E-state index contributed by atoms with van der Waals surface area (Å²) in [6.45, 7) is 3.81. The van der Waals surface area contributed by atoms with Crippen LogP contribution in [0.25, 0.3) is 0 Å². The number of aliphatic imine (C=N–C) groups is 1. The van der Waals surface area contributed by atoms with E-state index in [2.05, 4.69) is 25.0 Å². The number of halogens is 6. The number of alkyl halides is 4. The minimum Gasteiger partial charge on any atom is -0.355 e. The maximum Gasteiger partial charge on any atom is 0.389 e. The molecule has 1 aromatic carbocycles. The normalized spacial score (nSPS) is 19.7. The second-order valence-corrected chi connectivity index (χ2v) is 11.5. The van der Waals surface area contributed by atoms with Gasteiger partial charge in [0.1, 0.15) is 23.3 Å². The van der Waals surface area contributed by atoms with Gasteiger partial charge in [-0.25, -0.2) is 23.1 Å². The molecule has 3 unspecified atom stereocenters. The fourth-order valence-electron chi connectivity index (χ4n) is 4.41. The van der Waals surface area contributed by atoms with Gasteiger partial charge < -0.3 is 19.8 Å². The Morgan fingerprint density at radius 3 is 2.40 bits per heavy atom. The summed E-state index contributed by atoms with van der Waals surface area (Å²) in [7, 11) is 5.46. The molecule has 3 rings (SSSR count). The highest BCUT2D eigenvalue weighted by Crippen LogP contribution is 2.32. The summed E-state index contributed by atoms with van der Waals surface area (Å²) in [4.78, 5) is 28.8. The first-order valence-corrected chi connectivity index (χ1v) is 14.3. The number of nitrogens with zero attached hydrogens (tertiary/aromatic N) is 5. The van der Waals surface area contributed by atoms with E-state index in [9.17, 15) is 31.1 Å². The Morgan fingerprint density at radius 1 is 1.19 bits per heavy atom. The zero-order valence-electron chi connectivity index (χ0n) is 24.0. The summed E-state index contributed by atoms with van der Waals surface area (Å²) in [6.07, 6.45) is -3.16. The number of rotatable bonds is 12. The maximum absolute atomic E-state index is 14.7. The average molecular weight is 620 g/mol. The molecule has 1 aromatic heterocycles. The molecule has 0 radical (unpaired) electrons. The third kappa shape index (κ3) is 8.96. The van der Waals surface area contributed by atoms with Crippen LogP contribution < -0.4 is 14.9 Å². The van der Waals surface area contributed by atoms with Crippen molar-refractivity contribution in [2.24, 2.45) is 4.99 Å². The van der Waals surface area contributed by atoms with Crippen LogP contribution in [0.1, 0.15) is 45.1 Å². The summed E-state index contributed by atoms with van der Waals surface area (Å²) in [5.74, 6) is -2.08. The lowest BCUT2D eigenvalue weighted by Gasteiger charge is -2.35. The van der Waals surface area contributed by atoms with Gasteiger partial charge in [-0.1, -0.05) is 11.9 Å². The Morgan fingerprint density at radius 2 is 1.86 bits per heavy atom. The Bertz CT molecular complexity index is 1240. The number of aromatic nitrogens is 2. The van der Waals surface area contributed by atoms with Gasteiger partial charge in [0.05, 0.1) is 12.6 Å². The number of hydrogen-bond acceptors (Lipinski definition) is 9. The van der Waals surface area contributed by atoms with Crippen molar-refractivity contribution in [2.75, 3.05) is 41.8 Å². The third-order valence-corrected chi connectivity index (χ3v) is 7.70. The Balaban J connectivity index is 1.85. The van der Waals surface area contributed by atoms with E-state index >= 15 is 0 Å². The van der Waals surface area contributed by atoms with E-state index in [-0.39, 0.29) is 41.0 Å². The molecule has 1 saturated carbocycles. The van der Waals surface area contributed by atoms with Gasteiger partial charge in [0.15, 0.2) is 23.7 Å². The van der Waals surface area contributed by atoms with Crippen molar-refractivity contribution in [3.05, 3.63) is 35.5 Å². The SMILES string of the molecule is CC(C)N(C)c1nc(NC2CCC(N(C)C)C(F)C2)ncc1N=C(C=O)c1cc(F)c(NSCCC(F)(F)F)c(F)c1. The first-order valence-electron chi connectivity index (χ1n) is 13.3. The van der Waals surface area contributed by atoms with Gasteiger partial charge in [0.25, 0.3) is 0 Å². The molecule has 2 N–H and O–H groups in total. The average Bonchev–Trinajstić information content (AvgIpc) is 2.90. The summed E-state index contributed by atoms with van der Waals surface area (Å²) in [5, 5.41) is 3.19. The van der Waals surface area contributed by atoms with Gasteiger partial charge in [-0.15, -0.1) is 0 Å². The number of carbonyl (C=O) groups is 1. The van der Waals surface area contributed by atoms with E-state index in [0.717, 1.165) is 18.6 Å². The van der Waals surface area contributed by atoms with Crippen molar-refractivity contribution >= 4 is 47.1 Å². The molecule has 0 spiro atoms. The lowest BCUT2D eigenvalue weighted by molar-refractivity contribution is -0.129. The number of hydrogen-bond donors (Lipinski definition) is 2. The molecule has 0 bridgehead atoms. The number of aldehydes is 1. The van der Waals surface area contributed by atoms with Crippen molar-refractivity contribution in [3.63, 3.8) is 0 Å². The number of benzene rings is 1. The molecule has 42 heavy (non-hydrogen) atoms. The van der Waals surface area contributed by atoms with Gasteiger partial charge in [-0.3, -0.25) is 4.79 Å². The van der Waals surface area contributed by atoms with Crippen LogP contribution in [-0.2, 0) is 4.79 Å². The number of nitrogens with one attached hydrogen (secondary N) is 2. The highest BCUT2D eigenvalue weighted by molar-refractivity contribution is 8.00. The summed E-state index contributed by atoms with van der Waals surface area (Å²) >= 11 is 0.506. The monoisotopic (exact) mass is 619 g/mol. The van der Waals surface area contributed by atoms with E-state index in [1.165, 1.54) is 6.20 Å². The highest BCUT2D eigenvalue weighted by atomic mass is 32.2. The molecular formula is C27H35F6N7OS. The predicted molar refractivity (Wildman–Crippen MR) is 155 cm³/mol. The quantitative estimate of drug-likeness (QED) is 0.0961. The second kappa shape index (κ2) is 14.4. The molecule has 1 fully saturated rings. The minimum absolute atomic E-state index is 0.0535. The summed E-state index contributed by atoms with van der Waals surface area (Å²) in [6, 6.07) is 1.34. The van der Waals surface area contributed by atoms with Crippen LogP contribution in [0, 0.1) is 11.6 Å². The standard InChI is InChI=1S/C27H35F6N7OS/c1-15(2)40(5)25-21(13-34-26(37-25)35-17-6-7-23(39(3)4)18(28)12-17)36-22(14-41)16-10-19(29)24(20(30)11-16)38-42-9-8-27(31,32)33/h10-11,13-15,17-18,23,38H,6-9,12H2,1-5H3,(H,34,35,37). The Kier molecular flexibility index (Phi) is 11.5. The topological polar surface area (TPSA) is 85.8 Å². The summed E-state index contributed by atoms with van der Waals surface area (Å²) in [5.41, 5.74) is -0.971. The van der Waals surface area contributed by atoms with Crippen molar-refractivity contribution in [1.29, 1.82) is 0 Å². The molecule has 232 valence electrons. The second-order valence-electron chi connectivity index (χ2n) is 10.6. The Hall–Kier alpha value is -3.07. The van der Waals surface area contributed by atoms with Gasteiger partial charge in [0, 0.05) is 42.9 Å². The van der Waals surface area contributed by atoms with E-state index in [1.54, 1.807) is 11.9 Å². The summed E-state index contributed by atoms with van der Waals surface area (Å²) < 4.78 is 83.4. The molecule has 15 heteroatoms. The highest BCUT2D eigenvalue weighted by Gasteiger charge is 2.32. The van der Waals surface area contributed by atoms with Crippen molar-refractivity contribution in [2.45, 2.75) is 70.0 Å². The number of carbonyl (C=O) groups excluding carboxylic acids is 1. The molecule has 0 aliphatic heterocycles.